The Kier molecular flexibility index (Phi) is 6.06. The van der Waals surface area contributed by atoms with E-state index in [1.807, 2.05) is 13.0 Å². The zero-order valence-corrected chi connectivity index (χ0v) is 16.6. The van der Waals surface area contributed by atoms with Gasteiger partial charge < -0.3 is 14.8 Å². The fourth-order valence-corrected chi connectivity index (χ4v) is 3.49. The molecule has 0 fully saturated rings. The van der Waals surface area contributed by atoms with Crippen LogP contribution in [0.25, 0.3) is 0 Å². The number of aromatic nitrogens is 1. The number of ether oxygens (including phenoxy) is 2. The van der Waals surface area contributed by atoms with Crippen molar-refractivity contribution in [3.05, 3.63) is 75.7 Å². The second-order valence-corrected chi connectivity index (χ2v) is 7.27. The number of carbonyl (C=O) groups is 2. The summed E-state index contributed by atoms with van der Waals surface area (Å²) in [5.74, 6) is -0.411. The third-order valence-corrected chi connectivity index (χ3v) is 5.04. The van der Waals surface area contributed by atoms with Crippen molar-refractivity contribution in [2.24, 2.45) is 0 Å². The van der Waals surface area contributed by atoms with E-state index in [-0.39, 0.29) is 0 Å². The quantitative estimate of drug-likeness (QED) is 0.629. The van der Waals surface area contributed by atoms with Gasteiger partial charge in [0.25, 0.3) is 5.91 Å². The van der Waals surface area contributed by atoms with Crippen molar-refractivity contribution in [3.63, 3.8) is 0 Å². The molecule has 0 aliphatic heterocycles. The van der Waals surface area contributed by atoms with E-state index in [2.05, 4.69) is 10.3 Å². The molecule has 1 amide bonds. The molecule has 3 aromatic rings. The van der Waals surface area contributed by atoms with Crippen molar-refractivity contribution in [3.8, 4) is 5.75 Å². The number of aryl methyl sites for hydroxylation is 2. The first kappa shape index (κ1) is 19.6. The number of carbonyl (C=O) groups excluding carboxylic acids is 2. The van der Waals surface area contributed by atoms with Crippen LogP contribution in [-0.2, 0) is 9.53 Å². The van der Waals surface area contributed by atoms with Gasteiger partial charge in [0.1, 0.15) is 10.6 Å². The minimum absolute atomic E-state index is 0.396. The summed E-state index contributed by atoms with van der Waals surface area (Å²) in [6.45, 7) is 3.56. The molecule has 0 saturated heterocycles. The van der Waals surface area contributed by atoms with Crippen molar-refractivity contribution in [2.45, 2.75) is 20.0 Å². The van der Waals surface area contributed by atoms with E-state index in [0.29, 0.717) is 27.6 Å². The van der Waals surface area contributed by atoms with Gasteiger partial charge in [0.15, 0.2) is 0 Å². The first-order valence-corrected chi connectivity index (χ1v) is 9.44. The van der Waals surface area contributed by atoms with Crippen molar-refractivity contribution in [2.75, 3.05) is 12.4 Å². The molecule has 1 N–H and O–H groups in total. The first-order valence-electron chi connectivity index (χ1n) is 8.63. The van der Waals surface area contributed by atoms with E-state index in [1.54, 1.807) is 62.6 Å². The molecule has 0 aliphatic carbocycles. The van der Waals surface area contributed by atoms with Gasteiger partial charge in [-0.15, -0.1) is 11.3 Å². The molecule has 0 spiro atoms. The zero-order chi connectivity index (χ0) is 20.1. The van der Waals surface area contributed by atoms with Crippen LogP contribution >= 0.6 is 11.3 Å². The Labute approximate surface area is 167 Å². The van der Waals surface area contributed by atoms with E-state index in [1.165, 1.54) is 11.3 Å². The van der Waals surface area contributed by atoms with Gasteiger partial charge in [-0.05, 0) is 26.0 Å². The number of rotatable bonds is 6. The molecule has 1 atom stereocenters. The number of thiazole rings is 1. The van der Waals surface area contributed by atoms with E-state index in [0.717, 1.165) is 5.01 Å². The van der Waals surface area contributed by atoms with Crippen LogP contribution < -0.4 is 10.1 Å². The Morgan fingerprint density at radius 3 is 2.46 bits per heavy atom. The molecule has 6 nitrogen and oxygen atoms in total. The smallest absolute Gasteiger partial charge is 0.351 e. The Morgan fingerprint density at radius 1 is 1.07 bits per heavy atom. The van der Waals surface area contributed by atoms with Gasteiger partial charge in [-0.2, -0.15) is 0 Å². The average molecular weight is 396 g/mol. The average Bonchev–Trinajstić information content (AvgIpc) is 3.04. The number of nitrogens with zero attached hydrogens (tertiary/aromatic N) is 1. The van der Waals surface area contributed by atoms with Crippen LogP contribution in [0.1, 0.15) is 32.0 Å². The van der Waals surface area contributed by atoms with E-state index < -0.39 is 18.0 Å². The lowest BCUT2D eigenvalue weighted by molar-refractivity contribution is -0.125. The first-order chi connectivity index (χ1) is 13.5. The van der Waals surface area contributed by atoms with Crippen molar-refractivity contribution in [1.82, 2.24) is 4.98 Å². The lowest BCUT2D eigenvalue weighted by atomic mass is 10.1. The largest absolute Gasteiger partial charge is 0.497 e. The fraction of sp³-hybridized carbons (Fsp3) is 0.190. The van der Waals surface area contributed by atoms with Crippen LogP contribution in [0.4, 0.5) is 5.69 Å². The predicted octanol–water partition coefficient (Wildman–Crippen LogP) is 4.31. The molecule has 0 unspecified atom stereocenters. The topological polar surface area (TPSA) is 77.5 Å². The van der Waals surface area contributed by atoms with Crippen LogP contribution in [0.15, 0.2) is 54.6 Å². The van der Waals surface area contributed by atoms with Crippen molar-refractivity contribution < 1.29 is 19.1 Å². The Morgan fingerprint density at radius 2 is 1.82 bits per heavy atom. The monoisotopic (exact) mass is 396 g/mol. The standard InChI is InChI=1S/C21H20N2O4S/c1-13-19(28-14(2)22-13)21(25)27-18(15-8-5-4-6-9-15)20(24)23-16-10-7-11-17(12-16)26-3/h4-12,18H,1-3H3,(H,23,24)/t18-/m0/s1. The van der Waals surface area contributed by atoms with Crippen LogP contribution in [0.2, 0.25) is 0 Å². The molecule has 0 radical (unpaired) electrons. The van der Waals surface area contributed by atoms with Gasteiger partial charge in [-0.3, -0.25) is 4.79 Å². The maximum atomic E-state index is 12.9. The third kappa shape index (κ3) is 4.55. The second-order valence-electron chi connectivity index (χ2n) is 6.06. The number of hydrogen-bond donors (Lipinski definition) is 1. The summed E-state index contributed by atoms with van der Waals surface area (Å²) in [5.41, 5.74) is 1.72. The highest BCUT2D eigenvalue weighted by Gasteiger charge is 2.27. The molecule has 7 heteroatoms. The minimum Gasteiger partial charge on any atom is -0.497 e. The third-order valence-electron chi connectivity index (χ3n) is 3.99. The molecule has 1 heterocycles. The van der Waals surface area contributed by atoms with E-state index >= 15 is 0 Å². The van der Waals surface area contributed by atoms with Crippen LogP contribution in [-0.4, -0.2) is 24.0 Å². The number of anilines is 1. The van der Waals surface area contributed by atoms with Crippen LogP contribution in [0.5, 0.6) is 5.75 Å². The highest BCUT2D eigenvalue weighted by molar-refractivity contribution is 7.13. The number of nitrogens with one attached hydrogen (secondary N) is 1. The molecule has 0 bridgehead atoms. The van der Waals surface area contributed by atoms with Crippen molar-refractivity contribution in [1.29, 1.82) is 0 Å². The van der Waals surface area contributed by atoms with E-state index in [9.17, 15) is 9.59 Å². The minimum atomic E-state index is -1.10. The van der Waals surface area contributed by atoms with Gasteiger partial charge in [-0.1, -0.05) is 36.4 Å². The van der Waals surface area contributed by atoms with Crippen LogP contribution in [0.3, 0.4) is 0 Å². The molecule has 1 aromatic heterocycles. The highest BCUT2D eigenvalue weighted by Crippen LogP contribution is 2.25. The summed E-state index contributed by atoms with van der Waals surface area (Å²) < 4.78 is 10.8. The highest BCUT2D eigenvalue weighted by atomic mass is 32.1. The summed E-state index contributed by atoms with van der Waals surface area (Å²) in [5, 5.41) is 3.55. The Balaban J connectivity index is 1.85. The fourth-order valence-electron chi connectivity index (χ4n) is 2.69. The normalized spacial score (nSPS) is 11.5. The van der Waals surface area contributed by atoms with Crippen LogP contribution in [0, 0.1) is 13.8 Å². The zero-order valence-electron chi connectivity index (χ0n) is 15.8. The van der Waals surface area contributed by atoms with Gasteiger partial charge in [0.05, 0.1) is 17.8 Å². The maximum absolute atomic E-state index is 12.9. The molecule has 28 heavy (non-hydrogen) atoms. The van der Waals surface area contributed by atoms with Gasteiger partial charge in [0, 0.05) is 17.3 Å². The summed E-state index contributed by atoms with van der Waals surface area (Å²) in [4.78, 5) is 30.2. The van der Waals surface area contributed by atoms with Crippen molar-refractivity contribution >= 4 is 28.9 Å². The number of benzene rings is 2. The summed E-state index contributed by atoms with van der Waals surface area (Å²) in [7, 11) is 1.55. The van der Waals surface area contributed by atoms with E-state index in [4.69, 9.17) is 9.47 Å². The number of methoxy groups -OCH3 is 1. The maximum Gasteiger partial charge on any atom is 0.351 e. The van der Waals surface area contributed by atoms with Gasteiger partial charge in [0.2, 0.25) is 6.10 Å². The summed E-state index contributed by atoms with van der Waals surface area (Å²) in [6.07, 6.45) is -1.10. The van der Waals surface area contributed by atoms with Gasteiger partial charge >= 0.3 is 5.97 Å². The molecule has 144 valence electrons. The molecular weight excluding hydrogens is 376 g/mol. The summed E-state index contributed by atoms with van der Waals surface area (Å²) in [6, 6.07) is 15.9. The molecular formula is C21H20N2O4S. The van der Waals surface area contributed by atoms with Gasteiger partial charge in [-0.25, -0.2) is 9.78 Å². The molecule has 3 rings (SSSR count). The Bertz CT molecular complexity index is 985. The second kappa shape index (κ2) is 8.67. The number of esters is 1. The molecule has 2 aromatic carbocycles. The number of amides is 1. The Hall–Kier alpha value is -3.19. The molecule has 0 saturated carbocycles. The summed E-state index contributed by atoms with van der Waals surface area (Å²) >= 11 is 1.25. The lowest BCUT2D eigenvalue weighted by Gasteiger charge is -2.18. The molecule has 0 aliphatic rings. The number of hydrogen-bond acceptors (Lipinski definition) is 6. The SMILES string of the molecule is COc1cccc(NC(=O)[C@@H](OC(=O)c2sc(C)nc2C)c2ccccc2)c1. The predicted molar refractivity (Wildman–Crippen MR) is 108 cm³/mol. The lowest BCUT2D eigenvalue weighted by Crippen LogP contribution is -2.26.